The summed E-state index contributed by atoms with van der Waals surface area (Å²) in [4.78, 5) is 9.71. The molecule has 0 aliphatic rings. The van der Waals surface area contributed by atoms with Crippen molar-refractivity contribution in [1.82, 2.24) is 0 Å². The fourth-order valence-corrected chi connectivity index (χ4v) is 0.666. The number of nitro benzene ring substituents is 1. The van der Waals surface area contributed by atoms with Crippen LogP contribution < -0.4 is 0 Å². The largest absolute Gasteiger partial charge is 0.269 e. The van der Waals surface area contributed by atoms with Crippen molar-refractivity contribution < 1.29 is 4.92 Å². The van der Waals surface area contributed by atoms with Gasteiger partial charge in [0.25, 0.3) is 5.69 Å². The number of non-ortho nitro benzene ring substituents is 1. The van der Waals surface area contributed by atoms with Crippen LogP contribution in [-0.4, -0.2) is 34.5 Å². The van der Waals surface area contributed by atoms with Gasteiger partial charge in [-0.05, 0) is 6.92 Å². The summed E-state index contributed by atoms with van der Waals surface area (Å²) >= 11 is 0. The molecule has 1 aromatic carbocycles. The SMILES string of the molecule is Cc1ccc([N+](=O)[O-])cc1.[Na]. The summed E-state index contributed by atoms with van der Waals surface area (Å²) in [5, 5.41) is 10.1. The summed E-state index contributed by atoms with van der Waals surface area (Å²) in [6, 6.07) is 6.43. The third-order valence-electron chi connectivity index (χ3n) is 1.24. The van der Waals surface area contributed by atoms with Crippen molar-refractivity contribution in [2.75, 3.05) is 0 Å². The van der Waals surface area contributed by atoms with Crippen LogP contribution in [0.3, 0.4) is 0 Å². The van der Waals surface area contributed by atoms with Crippen LogP contribution in [0.4, 0.5) is 5.69 Å². The Morgan fingerprint density at radius 2 is 1.73 bits per heavy atom. The van der Waals surface area contributed by atoms with Crippen molar-refractivity contribution >= 4 is 35.2 Å². The van der Waals surface area contributed by atoms with Gasteiger partial charge in [-0.3, -0.25) is 10.1 Å². The van der Waals surface area contributed by atoms with Crippen LogP contribution >= 0.6 is 0 Å². The quantitative estimate of drug-likeness (QED) is 0.355. The number of nitro groups is 1. The van der Waals surface area contributed by atoms with E-state index in [1.54, 1.807) is 12.1 Å². The molecule has 0 bridgehead atoms. The molecule has 4 heteroatoms. The zero-order chi connectivity index (χ0) is 7.56. The van der Waals surface area contributed by atoms with Crippen molar-refractivity contribution in [3.05, 3.63) is 39.9 Å². The molecule has 0 saturated heterocycles. The molecule has 53 valence electrons. The van der Waals surface area contributed by atoms with Gasteiger partial charge in [-0.2, -0.15) is 0 Å². The Kier molecular flexibility index (Phi) is 4.33. The summed E-state index contributed by atoms with van der Waals surface area (Å²) < 4.78 is 0. The Bertz CT molecular complexity index is 245. The molecule has 11 heavy (non-hydrogen) atoms. The van der Waals surface area contributed by atoms with E-state index in [4.69, 9.17) is 0 Å². The van der Waals surface area contributed by atoms with Crippen molar-refractivity contribution in [2.24, 2.45) is 0 Å². The average molecular weight is 160 g/mol. The van der Waals surface area contributed by atoms with Crippen LogP contribution in [0.1, 0.15) is 5.56 Å². The van der Waals surface area contributed by atoms with Crippen LogP contribution in [0, 0.1) is 17.0 Å². The maximum atomic E-state index is 10.1. The molecule has 1 rings (SSSR count). The predicted molar refractivity (Wildman–Crippen MR) is 43.6 cm³/mol. The van der Waals surface area contributed by atoms with Crippen LogP contribution in [0.5, 0.6) is 0 Å². The van der Waals surface area contributed by atoms with Crippen LogP contribution in [0.2, 0.25) is 0 Å². The van der Waals surface area contributed by atoms with Gasteiger partial charge in [-0.1, -0.05) is 17.7 Å². The molecule has 0 spiro atoms. The van der Waals surface area contributed by atoms with E-state index in [-0.39, 0.29) is 35.2 Å². The third-order valence-corrected chi connectivity index (χ3v) is 1.24. The maximum absolute atomic E-state index is 10.1. The molecule has 1 aromatic rings. The minimum Gasteiger partial charge on any atom is -0.258 e. The molecule has 0 heterocycles. The topological polar surface area (TPSA) is 43.1 Å². The molecule has 0 aliphatic heterocycles. The molecule has 1 radical (unpaired) electrons. The van der Waals surface area contributed by atoms with E-state index in [2.05, 4.69) is 0 Å². The number of aryl methyl sites for hydroxylation is 1. The smallest absolute Gasteiger partial charge is 0.258 e. The molecule has 3 nitrogen and oxygen atoms in total. The molecule has 0 amide bonds. The summed E-state index contributed by atoms with van der Waals surface area (Å²) in [5.74, 6) is 0. The first-order valence-electron chi connectivity index (χ1n) is 2.91. The van der Waals surface area contributed by atoms with E-state index in [0.29, 0.717) is 0 Å². The second-order valence-corrected chi connectivity index (χ2v) is 2.09. The van der Waals surface area contributed by atoms with Gasteiger partial charge < -0.3 is 0 Å². The Morgan fingerprint density at radius 1 is 1.27 bits per heavy atom. The van der Waals surface area contributed by atoms with E-state index < -0.39 is 4.92 Å². The number of benzene rings is 1. The molecule has 0 saturated carbocycles. The first-order valence-corrected chi connectivity index (χ1v) is 2.91. The zero-order valence-corrected chi connectivity index (χ0v) is 8.57. The third kappa shape index (κ3) is 3.01. The zero-order valence-electron chi connectivity index (χ0n) is 6.57. The van der Waals surface area contributed by atoms with Crippen molar-refractivity contribution in [2.45, 2.75) is 6.92 Å². The van der Waals surface area contributed by atoms with Crippen LogP contribution in [0.25, 0.3) is 0 Å². The molecule has 0 aliphatic carbocycles. The van der Waals surface area contributed by atoms with Crippen molar-refractivity contribution in [3.63, 3.8) is 0 Å². The van der Waals surface area contributed by atoms with E-state index in [1.807, 2.05) is 6.92 Å². The van der Waals surface area contributed by atoms with Gasteiger partial charge in [0.05, 0.1) is 4.92 Å². The van der Waals surface area contributed by atoms with Gasteiger partial charge in [0.2, 0.25) is 0 Å². The van der Waals surface area contributed by atoms with E-state index in [1.165, 1.54) is 12.1 Å². The Balaban J connectivity index is 0.000001000. The normalized spacial score (nSPS) is 8.45. The monoisotopic (exact) mass is 160 g/mol. The van der Waals surface area contributed by atoms with Crippen molar-refractivity contribution in [1.29, 1.82) is 0 Å². The molecule has 0 fully saturated rings. The first-order chi connectivity index (χ1) is 4.70. The summed E-state index contributed by atoms with van der Waals surface area (Å²) in [7, 11) is 0. The van der Waals surface area contributed by atoms with E-state index in [9.17, 15) is 10.1 Å². The van der Waals surface area contributed by atoms with Gasteiger partial charge in [-0.25, -0.2) is 0 Å². The fraction of sp³-hybridized carbons (Fsp3) is 0.143. The average Bonchev–Trinajstić information content (AvgIpc) is 1.88. The van der Waals surface area contributed by atoms with E-state index in [0.717, 1.165) is 5.56 Å². The Morgan fingerprint density at radius 3 is 2.09 bits per heavy atom. The molecule has 0 unspecified atom stereocenters. The van der Waals surface area contributed by atoms with Crippen molar-refractivity contribution in [3.8, 4) is 0 Å². The molecule has 0 N–H and O–H groups in total. The second kappa shape index (κ2) is 4.49. The van der Waals surface area contributed by atoms with Gasteiger partial charge in [0, 0.05) is 41.7 Å². The van der Waals surface area contributed by atoms with Gasteiger partial charge in [0.15, 0.2) is 0 Å². The molecular formula is C7H7NNaO2. The maximum Gasteiger partial charge on any atom is 0.269 e. The second-order valence-electron chi connectivity index (χ2n) is 2.09. The summed E-state index contributed by atoms with van der Waals surface area (Å²) in [6.07, 6.45) is 0. The van der Waals surface area contributed by atoms with Gasteiger partial charge in [0.1, 0.15) is 0 Å². The molecular weight excluding hydrogens is 153 g/mol. The Hall–Kier alpha value is -0.380. The standard InChI is InChI=1S/C7H7NO2.Na/c1-6-2-4-7(5-3-6)8(9)10;/h2-5H,1H3;. The van der Waals surface area contributed by atoms with Gasteiger partial charge in [-0.15, -0.1) is 0 Å². The van der Waals surface area contributed by atoms with Gasteiger partial charge >= 0.3 is 0 Å². The predicted octanol–water partition coefficient (Wildman–Crippen LogP) is 1.52. The minimum absolute atomic E-state index is 0. The molecule has 0 atom stereocenters. The number of rotatable bonds is 1. The summed E-state index contributed by atoms with van der Waals surface area (Å²) in [6.45, 7) is 1.89. The Labute approximate surface area is 86.9 Å². The number of nitrogens with zero attached hydrogens (tertiary/aromatic N) is 1. The summed E-state index contributed by atoms with van der Waals surface area (Å²) in [5.41, 5.74) is 1.18. The fourth-order valence-electron chi connectivity index (χ4n) is 0.666. The number of hydrogen-bond donors (Lipinski definition) is 0. The van der Waals surface area contributed by atoms with E-state index >= 15 is 0 Å². The number of hydrogen-bond acceptors (Lipinski definition) is 2. The minimum atomic E-state index is -0.403. The first kappa shape index (κ1) is 10.6. The molecule has 0 aromatic heterocycles. The van der Waals surface area contributed by atoms with Crippen LogP contribution in [0.15, 0.2) is 24.3 Å². The van der Waals surface area contributed by atoms with Crippen LogP contribution in [-0.2, 0) is 0 Å².